The summed E-state index contributed by atoms with van der Waals surface area (Å²) in [7, 11) is 0. The molecule has 1 saturated carbocycles. The zero-order chi connectivity index (χ0) is 27.1. The van der Waals surface area contributed by atoms with Crippen LogP contribution in [-0.4, -0.2) is 59.6 Å². The van der Waals surface area contributed by atoms with Gasteiger partial charge in [-0.05, 0) is 60.4 Å². The van der Waals surface area contributed by atoms with Gasteiger partial charge in [0, 0.05) is 58.4 Å². The van der Waals surface area contributed by atoms with E-state index in [1.54, 1.807) is 46.9 Å². The minimum Gasteiger partial charge on any atom is -0.338 e. The van der Waals surface area contributed by atoms with Crippen molar-refractivity contribution in [3.05, 3.63) is 79.1 Å². The van der Waals surface area contributed by atoms with Gasteiger partial charge in [0.05, 0.1) is 12.0 Å². The van der Waals surface area contributed by atoms with Gasteiger partial charge in [0.2, 0.25) is 11.8 Å². The van der Waals surface area contributed by atoms with Gasteiger partial charge in [-0.3, -0.25) is 14.4 Å². The lowest BCUT2D eigenvalue weighted by molar-refractivity contribution is -0.150. The molecule has 6 rings (SSSR count). The molecule has 3 aliphatic rings. The summed E-state index contributed by atoms with van der Waals surface area (Å²) in [6, 6.07) is 11.8. The molecule has 2 aromatic heterocycles. The fraction of sp³-hybridized carbons (Fsp3) is 0.433. The number of carbonyl (C=O) groups excluding carboxylic acids is 3. The molecular weight excluding hydrogens is 550 g/mol. The number of Topliss-reactive ketones (excluding diaryl/α,β-unsaturated/α-hetero) is 1. The smallest absolute Gasteiger partial charge is 0.246 e. The van der Waals surface area contributed by atoms with Crippen LogP contribution in [-0.2, 0) is 9.59 Å². The Balaban J connectivity index is 1.56. The van der Waals surface area contributed by atoms with Gasteiger partial charge < -0.3 is 15.1 Å². The summed E-state index contributed by atoms with van der Waals surface area (Å²) in [6.45, 7) is 4.65. The summed E-state index contributed by atoms with van der Waals surface area (Å²) in [4.78, 5) is 49.1. The van der Waals surface area contributed by atoms with Gasteiger partial charge in [-0.15, -0.1) is 22.7 Å². The number of aryl methyl sites for hydroxylation is 1. The number of ketones is 1. The van der Waals surface area contributed by atoms with E-state index in [0.29, 0.717) is 23.7 Å². The minimum absolute atomic E-state index is 0.00971. The number of hydrogen-bond acceptors (Lipinski definition) is 6. The van der Waals surface area contributed by atoms with Crippen LogP contribution in [0.3, 0.4) is 0 Å². The van der Waals surface area contributed by atoms with E-state index in [-0.39, 0.29) is 23.5 Å². The highest BCUT2D eigenvalue weighted by molar-refractivity contribution is 7.10. The molecule has 2 amide bonds. The largest absolute Gasteiger partial charge is 0.338 e. The van der Waals surface area contributed by atoms with Crippen LogP contribution in [0.4, 0.5) is 0 Å². The van der Waals surface area contributed by atoms with E-state index in [2.05, 4.69) is 5.32 Å². The maximum absolute atomic E-state index is 14.6. The summed E-state index contributed by atoms with van der Waals surface area (Å²) < 4.78 is 0. The first-order chi connectivity index (χ1) is 19.0. The second kappa shape index (κ2) is 11.2. The van der Waals surface area contributed by atoms with Crippen molar-refractivity contribution >= 4 is 51.9 Å². The quantitative estimate of drug-likeness (QED) is 0.388. The van der Waals surface area contributed by atoms with Crippen LogP contribution >= 0.6 is 34.3 Å². The number of hydrogen-bond donors (Lipinski definition) is 1. The van der Waals surface area contributed by atoms with E-state index in [9.17, 15) is 14.4 Å². The third-order valence-corrected chi connectivity index (χ3v) is 10.8. The number of benzene rings is 1. The molecule has 9 heteroatoms. The lowest BCUT2D eigenvalue weighted by Crippen LogP contribution is -2.55. The molecular formula is C30H32ClN3O3S2. The lowest BCUT2D eigenvalue weighted by atomic mass is 9.79. The average Bonchev–Trinajstić information content (AvgIpc) is 3.65. The average molecular weight is 582 g/mol. The van der Waals surface area contributed by atoms with E-state index in [1.165, 1.54) is 0 Å². The molecule has 1 aromatic carbocycles. The first-order valence-corrected chi connectivity index (χ1v) is 15.8. The third-order valence-electron chi connectivity index (χ3n) is 8.51. The number of likely N-dealkylation sites (tertiary alicyclic amines) is 1. The fourth-order valence-electron chi connectivity index (χ4n) is 6.33. The Morgan fingerprint density at radius 2 is 1.77 bits per heavy atom. The molecule has 2 saturated heterocycles. The van der Waals surface area contributed by atoms with Gasteiger partial charge in [0.25, 0.3) is 0 Å². The normalized spacial score (nSPS) is 25.5. The molecule has 4 unspecified atom stereocenters. The standard InChI is InChI=1S/C30H32ClN3O3S2/c1-18-10-16-39-28(18)25-24(27(35)20-7-3-8-21(31)17-20)23(22-9-4-15-38-22)26(30(37)33-13-11-32-12-14-33)34(25)29(36)19-5-2-6-19/h3-4,7-10,15-17,19,23-26,32H,2,5-6,11-14H2,1H3. The molecule has 6 nitrogen and oxygen atoms in total. The van der Waals surface area contributed by atoms with Gasteiger partial charge in [0.1, 0.15) is 6.04 Å². The number of nitrogens with one attached hydrogen (secondary N) is 1. The van der Waals surface area contributed by atoms with Gasteiger partial charge in [-0.25, -0.2) is 0 Å². The van der Waals surface area contributed by atoms with Crippen molar-refractivity contribution in [3.63, 3.8) is 0 Å². The molecule has 3 fully saturated rings. The van der Waals surface area contributed by atoms with E-state index in [4.69, 9.17) is 11.6 Å². The summed E-state index contributed by atoms with van der Waals surface area (Å²) in [5, 5.41) is 7.82. The van der Waals surface area contributed by atoms with Gasteiger partial charge in [-0.2, -0.15) is 0 Å². The van der Waals surface area contributed by atoms with Crippen LogP contribution in [0.1, 0.15) is 56.9 Å². The van der Waals surface area contributed by atoms with E-state index >= 15 is 0 Å². The van der Waals surface area contributed by atoms with Crippen molar-refractivity contribution in [3.8, 4) is 0 Å². The summed E-state index contributed by atoms with van der Waals surface area (Å²) in [5.41, 5.74) is 1.56. The monoisotopic (exact) mass is 581 g/mol. The van der Waals surface area contributed by atoms with E-state index in [0.717, 1.165) is 47.7 Å². The van der Waals surface area contributed by atoms with Gasteiger partial charge in [0.15, 0.2) is 5.78 Å². The van der Waals surface area contributed by atoms with Crippen molar-refractivity contribution in [2.24, 2.45) is 11.8 Å². The van der Waals surface area contributed by atoms with Crippen molar-refractivity contribution in [1.29, 1.82) is 0 Å². The summed E-state index contributed by atoms with van der Waals surface area (Å²) in [5.74, 6) is -1.28. The number of piperazine rings is 1. The Hall–Kier alpha value is -2.52. The SMILES string of the molecule is Cc1ccsc1C1C(C(=O)c2cccc(Cl)c2)C(c2cccs2)C(C(=O)N2CCNCC2)N1C(=O)C1CCC1. The predicted molar refractivity (Wildman–Crippen MR) is 156 cm³/mol. The molecule has 1 N–H and O–H groups in total. The first kappa shape index (κ1) is 26.7. The van der Waals surface area contributed by atoms with Crippen LogP contribution in [0.2, 0.25) is 5.02 Å². The molecule has 1 aliphatic carbocycles. The Morgan fingerprint density at radius 3 is 2.38 bits per heavy atom. The number of thiophene rings is 2. The molecule has 204 valence electrons. The number of amides is 2. The van der Waals surface area contributed by atoms with Crippen LogP contribution < -0.4 is 5.32 Å². The van der Waals surface area contributed by atoms with Crippen LogP contribution in [0.5, 0.6) is 0 Å². The number of rotatable bonds is 6. The van der Waals surface area contributed by atoms with Crippen molar-refractivity contribution in [2.75, 3.05) is 26.2 Å². The van der Waals surface area contributed by atoms with Crippen molar-refractivity contribution < 1.29 is 14.4 Å². The van der Waals surface area contributed by atoms with Crippen LogP contribution in [0, 0.1) is 18.8 Å². The molecule has 0 bridgehead atoms. The Morgan fingerprint density at radius 1 is 0.974 bits per heavy atom. The summed E-state index contributed by atoms with van der Waals surface area (Å²) in [6.07, 6.45) is 2.68. The third kappa shape index (κ3) is 4.86. The fourth-order valence-corrected chi connectivity index (χ4v) is 8.49. The molecule has 39 heavy (non-hydrogen) atoms. The molecule has 4 heterocycles. The lowest BCUT2D eigenvalue weighted by Gasteiger charge is -2.39. The van der Waals surface area contributed by atoms with E-state index < -0.39 is 23.9 Å². The first-order valence-electron chi connectivity index (χ1n) is 13.6. The van der Waals surface area contributed by atoms with E-state index in [1.807, 2.05) is 45.7 Å². The Kier molecular flexibility index (Phi) is 7.64. The molecule has 3 aromatic rings. The zero-order valence-corrected chi connectivity index (χ0v) is 24.2. The Labute approximate surface area is 242 Å². The van der Waals surface area contributed by atoms with Crippen LogP contribution in [0.15, 0.2) is 53.2 Å². The maximum Gasteiger partial charge on any atom is 0.246 e. The topological polar surface area (TPSA) is 69.7 Å². The van der Waals surface area contributed by atoms with Crippen molar-refractivity contribution in [1.82, 2.24) is 15.1 Å². The van der Waals surface area contributed by atoms with Gasteiger partial charge >= 0.3 is 0 Å². The summed E-state index contributed by atoms with van der Waals surface area (Å²) >= 11 is 9.47. The number of carbonyl (C=O) groups is 3. The maximum atomic E-state index is 14.6. The minimum atomic E-state index is -0.741. The molecule has 0 radical (unpaired) electrons. The van der Waals surface area contributed by atoms with Gasteiger partial charge in [-0.1, -0.05) is 36.2 Å². The molecule has 2 aliphatic heterocycles. The number of halogens is 1. The second-order valence-electron chi connectivity index (χ2n) is 10.7. The number of nitrogens with zero attached hydrogens (tertiary/aromatic N) is 2. The molecule has 0 spiro atoms. The zero-order valence-electron chi connectivity index (χ0n) is 21.8. The predicted octanol–water partition coefficient (Wildman–Crippen LogP) is 5.54. The highest BCUT2D eigenvalue weighted by atomic mass is 35.5. The van der Waals surface area contributed by atoms with Crippen molar-refractivity contribution in [2.45, 2.75) is 44.2 Å². The highest BCUT2D eigenvalue weighted by Gasteiger charge is 2.59. The van der Waals surface area contributed by atoms with Crippen LogP contribution in [0.25, 0.3) is 0 Å². The Bertz CT molecular complexity index is 1360. The second-order valence-corrected chi connectivity index (χ2v) is 13.1. The highest BCUT2D eigenvalue weighted by Crippen LogP contribution is 2.55. The molecule has 4 atom stereocenters.